The van der Waals surface area contributed by atoms with E-state index in [4.69, 9.17) is 0 Å². The fourth-order valence-corrected chi connectivity index (χ4v) is 2.22. The van der Waals surface area contributed by atoms with E-state index in [1.807, 2.05) is 0 Å². The Kier molecular flexibility index (Phi) is 8.58. The summed E-state index contributed by atoms with van der Waals surface area (Å²) in [5, 5.41) is 6.50. The first-order chi connectivity index (χ1) is 9.26. The van der Waals surface area contributed by atoms with Gasteiger partial charge in [-0.3, -0.25) is 4.99 Å². The number of nitrogens with zero attached hydrogens (tertiary/aromatic N) is 3. The van der Waals surface area contributed by atoms with Crippen molar-refractivity contribution in [3.05, 3.63) is 0 Å². The van der Waals surface area contributed by atoms with E-state index in [9.17, 15) is 0 Å². The van der Waals surface area contributed by atoms with E-state index in [1.165, 1.54) is 45.6 Å². The third-order valence-corrected chi connectivity index (χ3v) is 3.44. The standard InChI is InChI=1S/C14H31N5/c1-4-15-14(16-5-2)17-8-6-7-9-19-12-10-18(3)11-13-19/h4-13H2,1-3H3,(H2,15,16,17). The molecule has 112 valence electrons. The van der Waals surface area contributed by atoms with Gasteiger partial charge in [-0.05, 0) is 40.3 Å². The van der Waals surface area contributed by atoms with Crippen LogP contribution < -0.4 is 10.6 Å². The number of guanidine groups is 1. The van der Waals surface area contributed by atoms with Crippen molar-refractivity contribution in [3.8, 4) is 0 Å². The normalized spacial score (nSPS) is 17.2. The topological polar surface area (TPSA) is 42.9 Å². The molecule has 1 fully saturated rings. The van der Waals surface area contributed by atoms with Gasteiger partial charge in [0.15, 0.2) is 5.96 Å². The van der Waals surface area contributed by atoms with E-state index in [-0.39, 0.29) is 0 Å². The molecule has 1 rings (SSSR count). The molecule has 0 spiro atoms. The molecule has 1 saturated heterocycles. The molecule has 2 N–H and O–H groups in total. The van der Waals surface area contributed by atoms with Crippen LogP contribution in [0.5, 0.6) is 0 Å². The van der Waals surface area contributed by atoms with E-state index in [2.05, 4.69) is 46.3 Å². The van der Waals surface area contributed by atoms with Gasteiger partial charge in [0.2, 0.25) is 0 Å². The summed E-state index contributed by atoms with van der Waals surface area (Å²) in [4.78, 5) is 9.54. The highest BCUT2D eigenvalue weighted by Crippen LogP contribution is 2.01. The number of aliphatic imine (C=N–C) groups is 1. The molecule has 0 aromatic heterocycles. The smallest absolute Gasteiger partial charge is 0.191 e. The summed E-state index contributed by atoms with van der Waals surface area (Å²) < 4.78 is 0. The predicted octanol–water partition coefficient (Wildman–Crippen LogP) is 0.589. The van der Waals surface area contributed by atoms with Gasteiger partial charge in [-0.2, -0.15) is 0 Å². The van der Waals surface area contributed by atoms with Crippen molar-refractivity contribution >= 4 is 5.96 Å². The SMILES string of the molecule is CCNC(=NCCCCN1CCN(C)CC1)NCC. The number of rotatable bonds is 7. The molecule has 0 atom stereocenters. The maximum absolute atomic E-state index is 4.57. The third-order valence-electron chi connectivity index (χ3n) is 3.44. The first kappa shape index (κ1) is 16.2. The van der Waals surface area contributed by atoms with Crippen LogP contribution in [0.25, 0.3) is 0 Å². The van der Waals surface area contributed by atoms with Crippen LogP contribution in [0, 0.1) is 0 Å². The lowest BCUT2D eigenvalue weighted by molar-refractivity contribution is 0.152. The van der Waals surface area contributed by atoms with Crippen LogP contribution in [0.1, 0.15) is 26.7 Å². The molecule has 0 unspecified atom stereocenters. The molecule has 0 amide bonds. The molecule has 0 radical (unpaired) electrons. The minimum absolute atomic E-state index is 0.920. The zero-order chi connectivity index (χ0) is 13.9. The Morgan fingerprint density at radius 1 is 1.00 bits per heavy atom. The molecule has 0 aromatic carbocycles. The summed E-state index contributed by atoms with van der Waals surface area (Å²) in [5.41, 5.74) is 0. The Labute approximate surface area is 118 Å². The van der Waals surface area contributed by atoms with Crippen molar-refractivity contribution in [2.45, 2.75) is 26.7 Å². The second-order valence-corrected chi connectivity index (χ2v) is 5.14. The van der Waals surface area contributed by atoms with Gasteiger partial charge in [-0.15, -0.1) is 0 Å². The van der Waals surface area contributed by atoms with Crippen LogP contribution in [0.3, 0.4) is 0 Å². The Balaban J connectivity index is 2.07. The van der Waals surface area contributed by atoms with Crippen molar-refractivity contribution in [2.24, 2.45) is 4.99 Å². The van der Waals surface area contributed by atoms with Gasteiger partial charge in [-0.1, -0.05) is 0 Å². The second-order valence-electron chi connectivity index (χ2n) is 5.14. The van der Waals surface area contributed by atoms with Crippen molar-refractivity contribution in [2.75, 3.05) is 59.4 Å². The third kappa shape index (κ3) is 7.38. The fourth-order valence-electron chi connectivity index (χ4n) is 2.22. The molecule has 1 heterocycles. The Hall–Kier alpha value is -0.810. The number of unbranched alkanes of at least 4 members (excludes halogenated alkanes) is 1. The van der Waals surface area contributed by atoms with Crippen LogP contribution >= 0.6 is 0 Å². The van der Waals surface area contributed by atoms with Crippen molar-refractivity contribution in [3.63, 3.8) is 0 Å². The zero-order valence-corrected chi connectivity index (χ0v) is 12.9. The van der Waals surface area contributed by atoms with E-state index in [0.29, 0.717) is 0 Å². The van der Waals surface area contributed by atoms with Gasteiger partial charge >= 0.3 is 0 Å². The molecule has 19 heavy (non-hydrogen) atoms. The molecule has 1 aliphatic heterocycles. The number of hydrogen-bond donors (Lipinski definition) is 2. The summed E-state index contributed by atoms with van der Waals surface area (Å²) in [5.74, 6) is 0.949. The van der Waals surface area contributed by atoms with Gasteiger partial charge in [-0.25, -0.2) is 0 Å². The number of piperazine rings is 1. The molecular formula is C14H31N5. The second kappa shape index (κ2) is 10.0. The highest BCUT2D eigenvalue weighted by atomic mass is 15.2. The first-order valence-corrected chi connectivity index (χ1v) is 7.69. The lowest BCUT2D eigenvalue weighted by Crippen LogP contribution is -2.44. The Bertz CT molecular complexity index is 238. The van der Waals surface area contributed by atoms with E-state index in [1.54, 1.807) is 0 Å². The van der Waals surface area contributed by atoms with Crippen molar-refractivity contribution in [1.82, 2.24) is 20.4 Å². The highest BCUT2D eigenvalue weighted by molar-refractivity contribution is 5.79. The molecule has 0 aromatic rings. The summed E-state index contributed by atoms with van der Waals surface area (Å²) in [6.07, 6.45) is 2.42. The minimum Gasteiger partial charge on any atom is -0.357 e. The van der Waals surface area contributed by atoms with E-state index in [0.717, 1.165) is 25.6 Å². The maximum atomic E-state index is 4.57. The van der Waals surface area contributed by atoms with E-state index >= 15 is 0 Å². The average molecular weight is 269 g/mol. The number of likely N-dealkylation sites (N-methyl/N-ethyl adjacent to an activating group) is 1. The lowest BCUT2D eigenvalue weighted by atomic mass is 10.2. The molecule has 1 aliphatic rings. The van der Waals surface area contributed by atoms with Crippen LogP contribution in [0.2, 0.25) is 0 Å². The quantitative estimate of drug-likeness (QED) is 0.403. The van der Waals surface area contributed by atoms with Gasteiger partial charge in [0.1, 0.15) is 0 Å². The van der Waals surface area contributed by atoms with Crippen molar-refractivity contribution in [1.29, 1.82) is 0 Å². The monoisotopic (exact) mass is 269 g/mol. The first-order valence-electron chi connectivity index (χ1n) is 7.69. The lowest BCUT2D eigenvalue weighted by Gasteiger charge is -2.32. The van der Waals surface area contributed by atoms with Gasteiger partial charge in [0.25, 0.3) is 0 Å². The molecule has 5 heteroatoms. The zero-order valence-electron chi connectivity index (χ0n) is 12.9. The molecule has 5 nitrogen and oxygen atoms in total. The number of hydrogen-bond acceptors (Lipinski definition) is 3. The van der Waals surface area contributed by atoms with Gasteiger partial charge in [0, 0.05) is 45.8 Å². The summed E-state index contributed by atoms with van der Waals surface area (Å²) in [7, 11) is 2.20. The van der Waals surface area contributed by atoms with Crippen LogP contribution in [0.15, 0.2) is 4.99 Å². The fraction of sp³-hybridized carbons (Fsp3) is 0.929. The van der Waals surface area contributed by atoms with E-state index < -0.39 is 0 Å². The van der Waals surface area contributed by atoms with Crippen LogP contribution in [-0.4, -0.2) is 75.2 Å². The molecule has 0 bridgehead atoms. The largest absolute Gasteiger partial charge is 0.357 e. The van der Waals surface area contributed by atoms with Crippen molar-refractivity contribution < 1.29 is 0 Å². The maximum Gasteiger partial charge on any atom is 0.191 e. The number of nitrogens with one attached hydrogen (secondary N) is 2. The summed E-state index contributed by atoms with van der Waals surface area (Å²) >= 11 is 0. The predicted molar refractivity (Wildman–Crippen MR) is 82.8 cm³/mol. The minimum atomic E-state index is 0.920. The van der Waals surface area contributed by atoms with Crippen LogP contribution in [0.4, 0.5) is 0 Å². The summed E-state index contributed by atoms with van der Waals surface area (Å²) in [6, 6.07) is 0. The average Bonchev–Trinajstić information content (AvgIpc) is 2.41. The molecule has 0 aliphatic carbocycles. The van der Waals surface area contributed by atoms with Gasteiger partial charge < -0.3 is 20.4 Å². The highest BCUT2D eigenvalue weighted by Gasteiger charge is 2.12. The molecular weight excluding hydrogens is 238 g/mol. The Morgan fingerprint density at radius 2 is 1.63 bits per heavy atom. The Morgan fingerprint density at radius 3 is 2.21 bits per heavy atom. The van der Waals surface area contributed by atoms with Gasteiger partial charge in [0.05, 0.1) is 0 Å². The summed E-state index contributed by atoms with van der Waals surface area (Å²) in [6.45, 7) is 13.1. The molecule has 0 saturated carbocycles. The van der Waals surface area contributed by atoms with Crippen LogP contribution in [-0.2, 0) is 0 Å².